The predicted molar refractivity (Wildman–Crippen MR) is 72.0 cm³/mol. The zero-order chi connectivity index (χ0) is 13.8. The third-order valence-electron chi connectivity index (χ3n) is 3.32. The van der Waals surface area contributed by atoms with Crippen LogP contribution in [0, 0.1) is 11.6 Å². The van der Waals surface area contributed by atoms with Gasteiger partial charge in [0.05, 0.1) is 0 Å². The summed E-state index contributed by atoms with van der Waals surface area (Å²) in [6, 6.07) is 6.56. The maximum absolute atomic E-state index is 13.6. The number of hydrogen-bond donors (Lipinski definition) is 1. The topological polar surface area (TPSA) is 17.0 Å². The van der Waals surface area contributed by atoms with Crippen molar-refractivity contribution >= 4 is 0 Å². The average molecular weight is 264 g/mol. The number of aromatic nitrogens is 1. The Balaban J connectivity index is 2.18. The summed E-state index contributed by atoms with van der Waals surface area (Å²) in [7, 11) is 1.91. The summed E-state index contributed by atoms with van der Waals surface area (Å²) in [6.45, 7) is 2.44. The minimum absolute atomic E-state index is 0.290. The molecule has 2 rings (SSSR count). The van der Waals surface area contributed by atoms with Crippen molar-refractivity contribution < 1.29 is 8.78 Å². The molecule has 0 aliphatic heterocycles. The number of halogens is 2. The van der Waals surface area contributed by atoms with Gasteiger partial charge in [0.15, 0.2) is 11.6 Å². The van der Waals surface area contributed by atoms with Crippen molar-refractivity contribution in [2.24, 2.45) is 0 Å². The molecule has 2 aromatic rings. The van der Waals surface area contributed by atoms with Crippen molar-refractivity contribution in [3.63, 3.8) is 0 Å². The lowest BCUT2D eigenvalue weighted by Crippen LogP contribution is -2.14. The number of rotatable bonds is 5. The Morgan fingerprint density at radius 3 is 2.74 bits per heavy atom. The second-order valence-corrected chi connectivity index (χ2v) is 4.58. The fourth-order valence-electron chi connectivity index (χ4n) is 2.24. The fourth-order valence-corrected chi connectivity index (χ4v) is 2.24. The van der Waals surface area contributed by atoms with Crippen LogP contribution < -0.4 is 5.32 Å². The predicted octanol–water partition coefficient (Wildman–Crippen LogP) is 3.49. The number of hydrogen-bond acceptors (Lipinski definition) is 1. The highest BCUT2D eigenvalue weighted by atomic mass is 19.2. The van der Waals surface area contributed by atoms with Crippen molar-refractivity contribution in [1.29, 1.82) is 0 Å². The van der Waals surface area contributed by atoms with Gasteiger partial charge in [0, 0.05) is 30.5 Å². The van der Waals surface area contributed by atoms with Gasteiger partial charge in [0.1, 0.15) is 0 Å². The minimum atomic E-state index is -0.800. The van der Waals surface area contributed by atoms with E-state index in [0.29, 0.717) is 18.2 Å². The van der Waals surface area contributed by atoms with E-state index in [1.807, 2.05) is 30.1 Å². The second kappa shape index (κ2) is 5.97. The van der Waals surface area contributed by atoms with Gasteiger partial charge < -0.3 is 9.88 Å². The molecular weight excluding hydrogens is 246 g/mol. The molecule has 0 aliphatic rings. The van der Waals surface area contributed by atoms with Gasteiger partial charge >= 0.3 is 0 Å². The molecule has 1 aromatic carbocycles. The largest absolute Gasteiger partial charge is 0.349 e. The molecule has 0 spiro atoms. The maximum atomic E-state index is 13.6. The molecule has 0 radical (unpaired) electrons. The normalized spacial score (nSPS) is 12.6. The lowest BCUT2D eigenvalue weighted by Gasteiger charge is -2.11. The van der Waals surface area contributed by atoms with E-state index in [4.69, 9.17) is 0 Å². The fraction of sp³-hybridized carbons (Fsp3) is 0.333. The van der Waals surface area contributed by atoms with Crippen molar-refractivity contribution in [2.45, 2.75) is 25.9 Å². The van der Waals surface area contributed by atoms with Gasteiger partial charge in [-0.15, -0.1) is 0 Å². The third kappa shape index (κ3) is 3.01. The first-order valence-corrected chi connectivity index (χ1v) is 6.41. The Hall–Kier alpha value is -1.68. The Morgan fingerprint density at radius 1 is 1.26 bits per heavy atom. The van der Waals surface area contributed by atoms with Crippen LogP contribution in [0.1, 0.15) is 30.5 Å². The molecule has 0 saturated carbocycles. The standard InChI is InChI=1S/C15H18F2N2/c1-3-14(18-2)11-7-8-19(9-11)10-12-5-4-6-13(16)15(12)17/h4-9,14,18H,3,10H2,1-2H3. The van der Waals surface area contributed by atoms with E-state index < -0.39 is 11.6 Å². The molecule has 19 heavy (non-hydrogen) atoms. The smallest absolute Gasteiger partial charge is 0.163 e. The number of benzene rings is 1. The molecule has 0 amide bonds. The van der Waals surface area contributed by atoms with E-state index >= 15 is 0 Å². The van der Waals surface area contributed by atoms with E-state index in [-0.39, 0.29) is 0 Å². The number of nitrogens with one attached hydrogen (secondary N) is 1. The molecule has 0 saturated heterocycles. The van der Waals surface area contributed by atoms with Crippen LogP contribution in [-0.2, 0) is 6.54 Å². The molecule has 1 N–H and O–H groups in total. The van der Waals surface area contributed by atoms with Gasteiger partial charge in [-0.05, 0) is 31.2 Å². The molecule has 1 unspecified atom stereocenters. The van der Waals surface area contributed by atoms with Gasteiger partial charge in [-0.3, -0.25) is 0 Å². The monoisotopic (exact) mass is 264 g/mol. The number of nitrogens with zero attached hydrogens (tertiary/aromatic N) is 1. The van der Waals surface area contributed by atoms with E-state index in [1.54, 1.807) is 6.07 Å². The summed E-state index contributed by atoms with van der Waals surface area (Å²) in [4.78, 5) is 0. The third-order valence-corrected chi connectivity index (χ3v) is 3.32. The summed E-state index contributed by atoms with van der Waals surface area (Å²) in [5, 5.41) is 3.22. The first kappa shape index (κ1) is 13.7. The van der Waals surface area contributed by atoms with Crippen LogP contribution in [0.5, 0.6) is 0 Å². The van der Waals surface area contributed by atoms with Crippen LogP contribution >= 0.6 is 0 Å². The molecule has 0 fully saturated rings. The highest BCUT2D eigenvalue weighted by Crippen LogP contribution is 2.18. The van der Waals surface area contributed by atoms with Gasteiger partial charge in [-0.2, -0.15) is 0 Å². The molecule has 1 aromatic heterocycles. The molecule has 0 bridgehead atoms. The molecule has 4 heteroatoms. The van der Waals surface area contributed by atoms with Crippen molar-refractivity contribution in [1.82, 2.24) is 9.88 Å². The highest BCUT2D eigenvalue weighted by molar-refractivity contribution is 5.21. The highest BCUT2D eigenvalue weighted by Gasteiger charge is 2.10. The SMILES string of the molecule is CCC(NC)c1ccn(Cc2cccc(F)c2F)c1. The summed E-state index contributed by atoms with van der Waals surface area (Å²) in [6.07, 6.45) is 4.84. The van der Waals surface area contributed by atoms with E-state index in [0.717, 1.165) is 18.1 Å². The lowest BCUT2D eigenvalue weighted by molar-refractivity contribution is 0.495. The van der Waals surface area contributed by atoms with Gasteiger partial charge in [-0.1, -0.05) is 19.1 Å². The first-order chi connectivity index (χ1) is 9.15. The van der Waals surface area contributed by atoms with E-state index in [1.165, 1.54) is 6.07 Å². The Kier molecular flexibility index (Phi) is 4.32. The minimum Gasteiger partial charge on any atom is -0.349 e. The quantitative estimate of drug-likeness (QED) is 0.874. The Labute approximate surface area is 112 Å². The zero-order valence-electron chi connectivity index (χ0n) is 11.2. The molecule has 0 aliphatic carbocycles. The van der Waals surface area contributed by atoms with Crippen molar-refractivity contribution in [2.75, 3.05) is 7.05 Å². The van der Waals surface area contributed by atoms with Crippen LogP contribution in [0.2, 0.25) is 0 Å². The lowest BCUT2D eigenvalue weighted by atomic mass is 10.1. The van der Waals surface area contributed by atoms with Gasteiger partial charge in [0.25, 0.3) is 0 Å². The summed E-state index contributed by atoms with van der Waals surface area (Å²) in [5.74, 6) is -1.56. The molecule has 102 valence electrons. The molecule has 1 atom stereocenters. The van der Waals surface area contributed by atoms with Gasteiger partial charge in [-0.25, -0.2) is 8.78 Å². The summed E-state index contributed by atoms with van der Waals surface area (Å²) < 4.78 is 28.6. The summed E-state index contributed by atoms with van der Waals surface area (Å²) in [5.41, 5.74) is 1.52. The summed E-state index contributed by atoms with van der Waals surface area (Å²) >= 11 is 0. The van der Waals surface area contributed by atoms with E-state index in [2.05, 4.69) is 12.2 Å². The molecule has 2 nitrogen and oxygen atoms in total. The first-order valence-electron chi connectivity index (χ1n) is 6.41. The molecular formula is C15H18F2N2. The Bertz CT molecular complexity index is 545. The van der Waals surface area contributed by atoms with Crippen molar-refractivity contribution in [3.8, 4) is 0 Å². The van der Waals surface area contributed by atoms with Crippen LogP contribution in [0.15, 0.2) is 36.7 Å². The molecule has 1 heterocycles. The van der Waals surface area contributed by atoms with Crippen LogP contribution in [0.3, 0.4) is 0 Å². The zero-order valence-corrected chi connectivity index (χ0v) is 11.2. The van der Waals surface area contributed by atoms with Gasteiger partial charge in [0.2, 0.25) is 0 Å². The van der Waals surface area contributed by atoms with E-state index in [9.17, 15) is 8.78 Å². The van der Waals surface area contributed by atoms with Crippen molar-refractivity contribution in [3.05, 3.63) is 59.4 Å². The van der Waals surface area contributed by atoms with Crippen LogP contribution in [0.25, 0.3) is 0 Å². The van der Waals surface area contributed by atoms with Crippen LogP contribution in [0.4, 0.5) is 8.78 Å². The second-order valence-electron chi connectivity index (χ2n) is 4.58. The average Bonchev–Trinajstić information content (AvgIpc) is 2.85. The Morgan fingerprint density at radius 2 is 2.05 bits per heavy atom. The maximum Gasteiger partial charge on any atom is 0.163 e. The van der Waals surface area contributed by atoms with Crippen LogP contribution in [-0.4, -0.2) is 11.6 Å².